The Hall–Kier alpha value is -1.36. The van der Waals surface area contributed by atoms with Crippen molar-refractivity contribution < 1.29 is 9.90 Å². The van der Waals surface area contributed by atoms with Crippen LogP contribution in [0.4, 0.5) is 0 Å². The van der Waals surface area contributed by atoms with Gasteiger partial charge in [-0.15, -0.1) is 0 Å². The molecule has 3 N–H and O–H groups in total. The third-order valence-electron chi connectivity index (χ3n) is 2.10. The first-order valence-electron chi connectivity index (χ1n) is 5.04. The Kier molecular flexibility index (Phi) is 4.69. The van der Waals surface area contributed by atoms with Crippen molar-refractivity contribution in [3.8, 4) is 0 Å². The monoisotopic (exact) mass is 254 g/mol. The summed E-state index contributed by atoms with van der Waals surface area (Å²) in [7, 11) is 3.48. The maximum absolute atomic E-state index is 12.1. The van der Waals surface area contributed by atoms with Gasteiger partial charge in [0.15, 0.2) is 5.78 Å². The summed E-state index contributed by atoms with van der Waals surface area (Å²) >= 11 is 5.92. The third-order valence-corrected chi connectivity index (χ3v) is 2.43. The lowest BCUT2D eigenvalue weighted by Gasteiger charge is -2.14. The number of aliphatic hydroxyl groups excluding tert-OH is 1. The minimum Gasteiger partial charge on any atom is -0.383 e. The fraction of sp³-hybridized carbons (Fsp3) is 0.250. The molecule has 1 rings (SSSR count). The molecule has 0 aliphatic carbocycles. The highest BCUT2D eigenvalue weighted by Crippen LogP contribution is 2.19. The van der Waals surface area contributed by atoms with E-state index in [1.54, 1.807) is 43.3 Å². The number of hydrogen-bond donors (Lipinski definition) is 2. The summed E-state index contributed by atoms with van der Waals surface area (Å²) in [6.45, 7) is 0. The zero-order valence-electron chi connectivity index (χ0n) is 9.72. The summed E-state index contributed by atoms with van der Waals surface area (Å²) < 4.78 is 0. The van der Waals surface area contributed by atoms with Crippen LogP contribution in [-0.4, -0.2) is 36.1 Å². The predicted octanol–water partition coefficient (Wildman–Crippen LogP) is 1.25. The predicted molar refractivity (Wildman–Crippen MR) is 67.7 cm³/mol. The van der Waals surface area contributed by atoms with Gasteiger partial charge < -0.3 is 15.7 Å². The number of halogens is 1. The molecule has 1 atom stereocenters. The SMILES string of the molecule is CN(C)/C=C(/C(=O)c1ccccc1Cl)[C@@H](N)O. The summed E-state index contributed by atoms with van der Waals surface area (Å²) in [4.78, 5) is 13.8. The topological polar surface area (TPSA) is 66.6 Å². The molecule has 0 saturated carbocycles. The van der Waals surface area contributed by atoms with Crippen LogP contribution in [0.2, 0.25) is 5.02 Å². The van der Waals surface area contributed by atoms with Crippen molar-refractivity contribution in [3.63, 3.8) is 0 Å². The van der Waals surface area contributed by atoms with Crippen LogP contribution < -0.4 is 5.73 Å². The largest absolute Gasteiger partial charge is 0.383 e. The zero-order chi connectivity index (χ0) is 13.0. The summed E-state index contributed by atoms with van der Waals surface area (Å²) in [6, 6.07) is 6.64. The molecule has 0 aliphatic rings. The number of hydrogen-bond acceptors (Lipinski definition) is 4. The van der Waals surface area contributed by atoms with Crippen molar-refractivity contribution in [2.75, 3.05) is 14.1 Å². The Balaban J connectivity index is 3.14. The van der Waals surface area contributed by atoms with Gasteiger partial charge >= 0.3 is 0 Å². The summed E-state index contributed by atoms with van der Waals surface area (Å²) in [6.07, 6.45) is 0.150. The van der Waals surface area contributed by atoms with Gasteiger partial charge in [0, 0.05) is 25.9 Å². The fourth-order valence-corrected chi connectivity index (χ4v) is 1.57. The average Bonchev–Trinajstić information content (AvgIpc) is 2.25. The summed E-state index contributed by atoms with van der Waals surface area (Å²) in [5.41, 5.74) is 5.80. The van der Waals surface area contributed by atoms with Crippen molar-refractivity contribution in [2.24, 2.45) is 5.73 Å². The first-order valence-corrected chi connectivity index (χ1v) is 5.42. The maximum atomic E-state index is 12.1. The number of aliphatic hydroxyl groups is 1. The van der Waals surface area contributed by atoms with Crippen LogP contribution in [0.15, 0.2) is 36.0 Å². The second-order valence-corrected chi connectivity index (χ2v) is 4.21. The summed E-state index contributed by atoms with van der Waals surface area (Å²) in [5.74, 6) is -0.376. The van der Waals surface area contributed by atoms with Crippen molar-refractivity contribution in [2.45, 2.75) is 6.23 Å². The van der Waals surface area contributed by atoms with Gasteiger partial charge in [0.1, 0.15) is 6.23 Å². The molecule has 0 saturated heterocycles. The van der Waals surface area contributed by atoms with Crippen LogP contribution in [-0.2, 0) is 0 Å². The molecule has 5 heteroatoms. The van der Waals surface area contributed by atoms with E-state index in [2.05, 4.69) is 0 Å². The Morgan fingerprint density at radius 3 is 2.53 bits per heavy atom. The van der Waals surface area contributed by atoms with Crippen LogP contribution in [0, 0.1) is 0 Å². The van der Waals surface area contributed by atoms with Gasteiger partial charge in [-0.1, -0.05) is 23.7 Å². The van der Waals surface area contributed by atoms with E-state index in [1.807, 2.05) is 0 Å². The lowest BCUT2D eigenvalue weighted by Crippen LogP contribution is -2.28. The van der Waals surface area contributed by atoms with E-state index < -0.39 is 6.23 Å². The molecule has 4 nitrogen and oxygen atoms in total. The van der Waals surface area contributed by atoms with Crippen LogP contribution in [0.25, 0.3) is 0 Å². The molecular formula is C12H15ClN2O2. The quantitative estimate of drug-likeness (QED) is 0.482. The number of ketones is 1. The first kappa shape index (κ1) is 13.7. The number of Topliss-reactive ketones (excluding diaryl/α,β-unsaturated/α-hetero) is 1. The average molecular weight is 255 g/mol. The second-order valence-electron chi connectivity index (χ2n) is 3.80. The van der Waals surface area contributed by atoms with Crippen molar-refractivity contribution in [1.82, 2.24) is 4.90 Å². The third kappa shape index (κ3) is 3.56. The van der Waals surface area contributed by atoms with Crippen LogP contribution in [0.3, 0.4) is 0 Å². The van der Waals surface area contributed by atoms with E-state index in [9.17, 15) is 9.90 Å². The number of carbonyl (C=O) groups excluding carboxylic acids is 1. The number of nitrogens with zero attached hydrogens (tertiary/aromatic N) is 1. The number of benzene rings is 1. The Labute approximate surface area is 105 Å². The van der Waals surface area contributed by atoms with Crippen molar-refractivity contribution in [3.05, 3.63) is 46.6 Å². The smallest absolute Gasteiger partial charge is 0.195 e. The number of nitrogens with two attached hydrogens (primary N) is 1. The fourth-order valence-electron chi connectivity index (χ4n) is 1.35. The van der Waals surface area contributed by atoms with Gasteiger partial charge in [-0.25, -0.2) is 0 Å². The Morgan fingerprint density at radius 1 is 1.47 bits per heavy atom. The van der Waals surface area contributed by atoms with E-state index in [1.165, 1.54) is 6.20 Å². The zero-order valence-corrected chi connectivity index (χ0v) is 10.5. The summed E-state index contributed by atoms with van der Waals surface area (Å²) in [5, 5.41) is 9.74. The van der Waals surface area contributed by atoms with Gasteiger partial charge in [-0.3, -0.25) is 4.79 Å². The molecule has 1 aromatic rings. The highest BCUT2D eigenvalue weighted by Gasteiger charge is 2.19. The highest BCUT2D eigenvalue weighted by molar-refractivity contribution is 6.35. The molecule has 17 heavy (non-hydrogen) atoms. The molecule has 0 aliphatic heterocycles. The van der Waals surface area contributed by atoms with E-state index in [4.69, 9.17) is 17.3 Å². The minimum absolute atomic E-state index is 0.100. The number of carbonyl (C=O) groups is 1. The molecule has 1 aromatic carbocycles. The highest BCUT2D eigenvalue weighted by atomic mass is 35.5. The van der Waals surface area contributed by atoms with Gasteiger partial charge in [0.2, 0.25) is 0 Å². The van der Waals surface area contributed by atoms with Crippen LogP contribution in [0.1, 0.15) is 10.4 Å². The molecule has 0 aromatic heterocycles. The molecule has 0 heterocycles. The molecule has 0 unspecified atom stereocenters. The molecule has 0 fully saturated rings. The van der Waals surface area contributed by atoms with Crippen LogP contribution >= 0.6 is 11.6 Å². The first-order chi connectivity index (χ1) is 7.93. The number of rotatable bonds is 4. The van der Waals surface area contributed by atoms with Gasteiger partial charge in [0.05, 0.1) is 10.6 Å². The molecule has 0 bridgehead atoms. The van der Waals surface area contributed by atoms with Gasteiger partial charge in [-0.05, 0) is 12.1 Å². The lowest BCUT2D eigenvalue weighted by atomic mass is 10.0. The van der Waals surface area contributed by atoms with E-state index >= 15 is 0 Å². The van der Waals surface area contributed by atoms with E-state index in [-0.39, 0.29) is 11.4 Å². The molecule has 0 radical (unpaired) electrons. The van der Waals surface area contributed by atoms with Crippen molar-refractivity contribution >= 4 is 17.4 Å². The normalized spacial score (nSPS) is 13.4. The molecule has 0 spiro atoms. The van der Waals surface area contributed by atoms with Gasteiger partial charge in [0.25, 0.3) is 0 Å². The minimum atomic E-state index is -1.33. The van der Waals surface area contributed by atoms with Gasteiger partial charge in [-0.2, -0.15) is 0 Å². The second kappa shape index (κ2) is 5.82. The Bertz CT molecular complexity index is 442. The molecule has 92 valence electrons. The van der Waals surface area contributed by atoms with Crippen molar-refractivity contribution in [1.29, 1.82) is 0 Å². The van der Waals surface area contributed by atoms with E-state index in [0.29, 0.717) is 10.6 Å². The van der Waals surface area contributed by atoms with Crippen LogP contribution in [0.5, 0.6) is 0 Å². The molecular weight excluding hydrogens is 240 g/mol. The standard InChI is InChI=1S/C12H15ClN2O2/c1-15(2)7-9(12(14)17)11(16)8-5-3-4-6-10(8)13/h3-7,12,17H,14H2,1-2H3/b9-7-/t12-/m0/s1. The Morgan fingerprint density at radius 2 is 2.06 bits per heavy atom. The maximum Gasteiger partial charge on any atom is 0.195 e. The lowest BCUT2D eigenvalue weighted by molar-refractivity contribution is 0.0987. The molecule has 0 amide bonds. The van der Waals surface area contributed by atoms with E-state index in [0.717, 1.165) is 0 Å².